The predicted octanol–water partition coefficient (Wildman–Crippen LogP) is 4.57. The zero-order valence-corrected chi connectivity index (χ0v) is 17.0. The minimum atomic E-state index is 0.00709. The largest absolute Gasteiger partial charge is 0.348 e. The van der Waals surface area contributed by atoms with Crippen LogP contribution in [0, 0.1) is 6.92 Å². The fraction of sp³-hybridized carbons (Fsp3) is 0.333. The molecule has 27 heavy (non-hydrogen) atoms. The molecule has 1 amide bonds. The molecule has 3 heterocycles. The van der Waals surface area contributed by atoms with E-state index in [0.717, 1.165) is 42.4 Å². The second-order valence-corrected chi connectivity index (χ2v) is 8.94. The number of carbonyl (C=O) groups excluding carboxylic acids is 1. The monoisotopic (exact) mass is 397 g/mol. The van der Waals surface area contributed by atoms with Crippen LogP contribution in [0.1, 0.15) is 33.6 Å². The van der Waals surface area contributed by atoms with Gasteiger partial charge in [0.15, 0.2) is 0 Å². The maximum Gasteiger partial charge on any atom is 0.263 e. The first-order chi connectivity index (χ1) is 13.2. The molecular weight excluding hydrogens is 374 g/mol. The van der Waals surface area contributed by atoms with E-state index in [1.807, 2.05) is 17.5 Å². The van der Waals surface area contributed by atoms with Crippen molar-refractivity contribution in [3.8, 4) is 9.88 Å². The van der Waals surface area contributed by atoms with Crippen molar-refractivity contribution < 1.29 is 4.79 Å². The van der Waals surface area contributed by atoms with Gasteiger partial charge in [-0.15, -0.1) is 22.7 Å². The first-order valence-electron chi connectivity index (χ1n) is 9.26. The van der Waals surface area contributed by atoms with Crippen molar-refractivity contribution in [1.29, 1.82) is 0 Å². The number of nitrogens with zero attached hydrogens (tertiary/aromatic N) is 2. The van der Waals surface area contributed by atoms with E-state index in [0.29, 0.717) is 4.88 Å². The quantitative estimate of drug-likeness (QED) is 0.686. The van der Waals surface area contributed by atoms with E-state index in [9.17, 15) is 4.79 Å². The summed E-state index contributed by atoms with van der Waals surface area (Å²) in [5.74, 6) is 0.00709. The van der Waals surface area contributed by atoms with Gasteiger partial charge in [-0.1, -0.05) is 30.3 Å². The van der Waals surface area contributed by atoms with Crippen molar-refractivity contribution in [2.24, 2.45) is 0 Å². The highest BCUT2D eigenvalue weighted by Crippen LogP contribution is 2.29. The standard InChI is InChI=1S/C21H23N3OS2/c1-15-5-2-3-6-16(15)14-24-10-8-17(9-11-24)23-20(25)19-13-22-21(27-19)18-7-4-12-26-18/h2-7,12-13,17H,8-11,14H2,1H3,(H,23,25). The van der Waals surface area contributed by atoms with Gasteiger partial charge in [0.2, 0.25) is 0 Å². The molecule has 1 aromatic carbocycles. The van der Waals surface area contributed by atoms with Gasteiger partial charge in [-0.25, -0.2) is 4.98 Å². The van der Waals surface area contributed by atoms with Crippen molar-refractivity contribution in [2.75, 3.05) is 13.1 Å². The Labute approximate surface area is 167 Å². The molecule has 1 aliphatic heterocycles. The molecule has 4 rings (SSSR count). The fourth-order valence-corrected chi connectivity index (χ4v) is 5.04. The molecule has 0 saturated carbocycles. The lowest BCUT2D eigenvalue weighted by molar-refractivity contribution is 0.0913. The van der Waals surface area contributed by atoms with Gasteiger partial charge in [0.1, 0.15) is 9.88 Å². The topological polar surface area (TPSA) is 45.2 Å². The molecular formula is C21H23N3OS2. The molecule has 140 valence electrons. The summed E-state index contributed by atoms with van der Waals surface area (Å²) < 4.78 is 0. The van der Waals surface area contributed by atoms with Gasteiger partial charge in [0.05, 0.1) is 11.1 Å². The minimum Gasteiger partial charge on any atom is -0.348 e. The second-order valence-electron chi connectivity index (χ2n) is 6.96. The van der Waals surface area contributed by atoms with E-state index in [4.69, 9.17) is 0 Å². The van der Waals surface area contributed by atoms with Crippen LogP contribution in [0.15, 0.2) is 48.0 Å². The summed E-state index contributed by atoms with van der Waals surface area (Å²) in [4.78, 5) is 21.3. The highest BCUT2D eigenvalue weighted by atomic mass is 32.1. The molecule has 0 bridgehead atoms. The molecule has 4 nitrogen and oxygen atoms in total. The number of thiophene rings is 1. The van der Waals surface area contributed by atoms with E-state index < -0.39 is 0 Å². The highest BCUT2D eigenvalue weighted by molar-refractivity contribution is 7.21. The number of nitrogens with one attached hydrogen (secondary N) is 1. The van der Waals surface area contributed by atoms with Crippen molar-refractivity contribution in [1.82, 2.24) is 15.2 Å². The van der Waals surface area contributed by atoms with Gasteiger partial charge in [-0.05, 0) is 42.3 Å². The summed E-state index contributed by atoms with van der Waals surface area (Å²) in [6, 6.07) is 12.9. The highest BCUT2D eigenvalue weighted by Gasteiger charge is 2.22. The fourth-order valence-electron chi connectivity index (χ4n) is 3.41. The van der Waals surface area contributed by atoms with Crippen LogP contribution in [0.4, 0.5) is 0 Å². The number of aromatic nitrogens is 1. The van der Waals surface area contributed by atoms with Crippen LogP contribution in [-0.4, -0.2) is 34.9 Å². The smallest absolute Gasteiger partial charge is 0.263 e. The number of piperidine rings is 1. The Balaban J connectivity index is 1.29. The van der Waals surface area contributed by atoms with E-state index in [2.05, 4.69) is 46.4 Å². The molecule has 0 atom stereocenters. The van der Waals surface area contributed by atoms with E-state index >= 15 is 0 Å². The van der Waals surface area contributed by atoms with E-state index in [1.165, 1.54) is 22.5 Å². The van der Waals surface area contributed by atoms with Gasteiger partial charge in [0, 0.05) is 25.7 Å². The van der Waals surface area contributed by atoms with E-state index in [-0.39, 0.29) is 11.9 Å². The number of benzene rings is 1. The average Bonchev–Trinajstić information content (AvgIpc) is 3.36. The molecule has 1 fully saturated rings. The first-order valence-corrected chi connectivity index (χ1v) is 11.0. The number of amides is 1. The molecule has 0 aliphatic carbocycles. The third-order valence-corrected chi connectivity index (χ3v) is 7.07. The third-order valence-electron chi connectivity index (χ3n) is 5.04. The van der Waals surface area contributed by atoms with Gasteiger partial charge in [-0.2, -0.15) is 0 Å². The third kappa shape index (κ3) is 4.46. The molecule has 3 aromatic rings. The van der Waals surface area contributed by atoms with Crippen LogP contribution < -0.4 is 5.32 Å². The van der Waals surface area contributed by atoms with Crippen LogP contribution in [0.2, 0.25) is 0 Å². The second kappa shape index (κ2) is 8.33. The van der Waals surface area contributed by atoms with Gasteiger partial charge < -0.3 is 5.32 Å². The van der Waals surface area contributed by atoms with Crippen LogP contribution in [0.5, 0.6) is 0 Å². The molecule has 6 heteroatoms. The number of thiazole rings is 1. The molecule has 2 aromatic heterocycles. The lowest BCUT2D eigenvalue weighted by Gasteiger charge is -2.32. The van der Waals surface area contributed by atoms with Crippen molar-refractivity contribution in [2.45, 2.75) is 32.4 Å². The zero-order valence-electron chi connectivity index (χ0n) is 15.4. The maximum atomic E-state index is 12.6. The molecule has 0 radical (unpaired) electrons. The Hall–Kier alpha value is -2.02. The van der Waals surface area contributed by atoms with Crippen molar-refractivity contribution >= 4 is 28.6 Å². The number of likely N-dealkylation sites (tertiary alicyclic amines) is 1. The number of hydrogen-bond donors (Lipinski definition) is 1. The number of rotatable bonds is 5. The normalized spacial score (nSPS) is 15.7. The Bertz CT molecular complexity index is 896. The number of carbonyl (C=O) groups is 1. The Morgan fingerprint density at radius 1 is 1.22 bits per heavy atom. The van der Waals surface area contributed by atoms with Gasteiger partial charge >= 0.3 is 0 Å². The Kier molecular flexibility index (Phi) is 5.66. The van der Waals surface area contributed by atoms with Crippen molar-refractivity contribution in [3.63, 3.8) is 0 Å². The summed E-state index contributed by atoms with van der Waals surface area (Å²) in [5, 5.41) is 6.15. The van der Waals surface area contributed by atoms with Gasteiger partial charge in [-0.3, -0.25) is 9.69 Å². The summed E-state index contributed by atoms with van der Waals surface area (Å²) in [6.45, 7) is 5.19. The maximum absolute atomic E-state index is 12.6. The Morgan fingerprint density at radius 3 is 2.78 bits per heavy atom. The lowest BCUT2D eigenvalue weighted by Crippen LogP contribution is -2.44. The number of aryl methyl sites for hydroxylation is 1. The minimum absolute atomic E-state index is 0.00709. The van der Waals surface area contributed by atoms with E-state index in [1.54, 1.807) is 17.5 Å². The predicted molar refractivity (Wildman–Crippen MR) is 112 cm³/mol. The summed E-state index contributed by atoms with van der Waals surface area (Å²) in [5.41, 5.74) is 2.74. The van der Waals surface area contributed by atoms with Crippen LogP contribution >= 0.6 is 22.7 Å². The molecule has 1 saturated heterocycles. The Morgan fingerprint density at radius 2 is 2.04 bits per heavy atom. The molecule has 1 aliphatic rings. The van der Waals surface area contributed by atoms with Crippen LogP contribution in [0.3, 0.4) is 0 Å². The molecule has 0 unspecified atom stereocenters. The average molecular weight is 398 g/mol. The summed E-state index contributed by atoms with van der Waals surface area (Å²) in [6.07, 6.45) is 3.69. The SMILES string of the molecule is Cc1ccccc1CN1CCC(NC(=O)c2cnc(-c3cccs3)s2)CC1. The zero-order chi connectivity index (χ0) is 18.6. The summed E-state index contributed by atoms with van der Waals surface area (Å²) >= 11 is 3.12. The van der Waals surface area contributed by atoms with Crippen molar-refractivity contribution in [3.05, 3.63) is 64.0 Å². The molecule has 0 spiro atoms. The summed E-state index contributed by atoms with van der Waals surface area (Å²) in [7, 11) is 0. The first kappa shape index (κ1) is 18.3. The van der Waals surface area contributed by atoms with Crippen LogP contribution in [-0.2, 0) is 6.54 Å². The lowest BCUT2D eigenvalue weighted by atomic mass is 10.0. The number of hydrogen-bond acceptors (Lipinski definition) is 5. The molecule has 1 N–H and O–H groups in total. The van der Waals surface area contributed by atoms with Gasteiger partial charge in [0.25, 0.3) is 5.91 Å². The van der Waals surface area contributed by atoms with Crippen LogP contribution in [0.25, 0.3) is 9.88 Å².